The number of carbonyl (C=O) groups is 1. The quantitative estimate of drug-likeness (QED) is 0.460. The number of sulfonamides is 1. The lowest BCUT2D eigenvalue weighted by molar-refractivity contribution is -0.139. The molecule has 0 saturated carbocycles. The zero-order chi connectivity index (χ0) is 14.6. The van der Waals surface area contributed by atoms with Crippen molar-refractivity contribution in [2.75, 3.05) is 13.7 Å². The second-order valence-corrected chi connectivity index (χ2v) is 6.99. The fourth-order valence-electron chi connectivity index (χ4n) is 1.34. The number of esters is 1. The van der Waals surface area contributed by atoms with E-state index in [2.05, 4.69) is 9.46 Å². The van der Waals surface area contributed by atoms with E-state index in [1.54, 1.807) is 29.5 Å². The van der Waals surface area contributed by atoms with E-state index in [9.17, 15) is 17.6 Å². The van der Waals surface area contributed by atoms with Crippen LogP contribution in [0.2, 0.25) is 0 Å². The predicted octanol–water partition coefficient (Wildman–Crippen LogP) is 1.39. The highest BCUT2D eigenvalue weighted by Crippen LogP contribution is 2.16. The van der Waals surface area contributed by atoms with Crippen molar-refractivity contribution < 1.29 is 22.3 Å². The molecule has 0 fully saturated rings. The number of nitrogens with one attached hydrogen (secondary N) is 1. The average molecular weight is 401 g/mol. The molecule has 0 saturated heterocycles. The van der Waals surface area contributed by atoms with Crippen LogP contribution < -0.4 is 4.72 Å². The van der Waals surface area contributed by atoms with Crippen LogP contribution in [0, 0.1) is 12.7 Å². The predicted molar refractivity (Wildman–Crippen MR) is 76.1 cm³/mol. The summed E-state index contributed by atoms with van der Waals surface area (Å²) in [7, 11) is -2.63. The molecule has 5 nitrogen and oxygen atoms in total. The van der Waals surface area contributed by atoms with Crippen LogP contribution in [0.25, 0.3) is 0 Å². The number of methoxy groups -OCH3 is 1. The van der Waals surface area contributed by atoms with Crippen molar-refractivity contribution in [1.29, 1.82) is 0 Å². The van der Waals surface area contributed by atoms with Gasteiger partial charge in [-0.2, -0.15) is 0 Å². The molecule has 8 heteroatoms. The number of rotatable bonds is 5. The summed E-state index contributed by atoms with van der Waals surface area (Å²) in [6.45, 7) is 1.45. The molecule has 0 amide bonds. The molecular weight excluding hydrogens is 388 g/mol. The van der Waals surface area contributed by atoms with E-state index in [0.29, 0.717) is 5.56 Å². The lowest BCUT2D eigenvalue weighted by Crippen LogP contribution is -2.34. The zero-order valence-electron chi connectivity index (χ0n) is 10.3. The molecule has 0 spiro atoms. The summed E-state index contributed by atoms with van der Waals surface area (Å²) in [4.78, 5) is 11.0. The Kier molecular flexibility index (Phi) is 5.68. The highest BCUT2D eigenvalue weighted by Gasteiger charge is 2.22. The van der Waals surface area contributed by atoms with Crippen molar-refractivity contribution in [2.24, 2.45) is 0 Å². The van der Waals surface area contributed by atoms with Gasteiger partial charge in [0.25, 0.3) is 0 Å². The third kappa shape index (κ3) is 4.39. The van der Waals surface area contributed by atoms with E-state index in [-0.39, 0.29) is 11.4 Å². The maximum Gasteiger partial charge on any atom is 0.319 e. The minimum atomic E-state index is -3.85. The van der Waals surface area contributed by atoms with Gasteiger partial charge < -0.3 is 4.74 Å². The first-order valence-corrected chi connectivity index (χ1v) is 7.98. The van der Waals surface area contributed by atoms with Gasteiger partial charge in [-0.05, 0) is 24.6 Å². The van der Waals surface area contributed by atoms with Gasteiger partial charge in [-0.15, -0.1) is 0 Å². The number of alkyl halides is 1. The molecule has 0 aliphatic rings. The van der Waals surface area contributed by atoms with Crippen molar-refractivity contribution in [2.45, 2.75) is 15.7 Å². The number of aryl methyl sites for hydroxylation is 1. The van der Waals surface area contributed by atoms with E-state index in [1.165, 1.54) is 19.2 Å². The molecule has 1 atom stereocenters. The van der Waals surface area contributed by atoms with Crippen LogP contribution in [0.3, 0.4) is 0 Å². The molecule has 0 aliphatic carbocycles. The Hall–Kier alpha value is -0.740. The summed E-state index contributed by atoms with van der Waals surface area (Å²) in [5, 5.41) is 0. The largest absolute Gasteiger partial charge is 0.468 e. The highest BCUT2D eigenvalue weighted by atomic mass is 127. The van der Waals surface area contributed by atoms with Gasteiger partial charge in [0.15, 0.2) is 0 Å². The zero-order valence-corrected chi connectivity index (χ0v) is 13.3. The van der Waals surface area contributed by atoms with Gasteiger partial charge in [-0.1, -0.05) is 28.7 Å². The van der Waals surface area contributed by atoms with Gasteiger partial charge in [0.1, 0.15) is 9.74 Å². The maximum absolute atomic E-state index is 13.1. The van der Waals surface area contributed by atoms with Crippen LogP contribution in [0.4, 0.5) is 4.39 Å². The van der Waals surface area contributed by atoms with Gasteiger partial charge in [0.05, 0.1) is 12.0 Å². The lowest BCUT2D eigenvalue weighted by Gasteiger charge is -2.11. The van der Waals surface area contributed by atoms with Crippen LogP contribution in [0.15, 0.2) is 23.1 Å². The summed E-state index contributed by atoms with van der Waals surface area (Å²) in [5.74, 6) is -1.16. The lowest BCUT2D eigenvalue weighted by atomic mass is 10.2. The highest BCUT2D eigenvalue weighted by molar-refractivity contribution is 14.1. The molecule has 0 bridgehead atoms. The summed E-state index contributed by atoms with van der Waals surface area (Å²) >= 11 is 1.77. The molecular formula is C11H13FINO4S. The number of ether oxygens (including phenoxy) is 1. The number of hydrogen-bond donors (Lipinski definition) is 1. The average Bonchev–Trinajstić information content (AvgIpc) is 2.37. The molecule has 0 radical (unpaired) electrons. The Balaban J connectivity index is 2.87. The minimum Gasteiger partial charge on any atom is -0.468 e. The fourth-order valence-corrected chi connectivity index (χ4v) is 3.41. The first-order chi connectivity index (χ1) is 8.77. The molecule has 1 rings (SSSR count). The van der Waals surface area contributed by atoms with Crippen molar-refractivity contribution in [1.82, 2.24) is 4.72 Å². The van der Waals surface area contributed by atoms with Crippen molar-refractivity contribution >= 4 is 38.6 Å². The monoisotopic (exact) mass is 401 g/mol. The van der Waals surface area contributed by atoms with Gasteiger partial charge in [-0.3, -0.25) is 4.79 Å². The Bertz CT molecular complexity index is 576. The first-order valence-electron chi connectivity index (χ1n) is 5.25. The summed E-state index contributed by atoms with van der Waals surface area (Å²) in [6, 6.07) is 3.51. The SMILES string of the molecule is COC(=O)C(I)CNS(=O)(=O)c1cc(F)ccc1C. The third-order valence-corrected chi connectivity index (χ3v) is 4.86. The molecule has 1 aromatic carbocycles. The Morgan fingerprint density at radius 2 is 2.16 bits per heavy atom. The topological polar surface area (TPSA) is 72.5 Å². The maximum atomic E-state index is 13.1. The summed E-state index contributed by atoms with van der Waals surface area (Å²) < 4.78 is 43.2. The van der Waals surface area contributed by atoms with Gasteiger partial charge in [0.2, 0.25) is 10.0 Å². The number of hydrogen-bond acceptors (Lipinski definition) is 4. The summed E-state index contributed by atoms with van der Waals surface area (Å²) in [6.07, 6.45) is 0. The van der Waals surface area contributed by atoms with E-state index in [0.717, 1.165) is 6.07 Å². The minimum absolute atomic E-state index is 0.120. The van der Waals surface area contributed by atoms with Crippen LogP contribution in [0.5, 0.6) is 0 Å². The van der Waals surface area contributed by atoms with Crippen LogP contribution in [-0.4, -0.2) is 32.0 Å². The smallest absolute Gasteiger partial charge is 0.319 e. The van der Waals surface area contributed by atoms with Crippen LogP contribution >= 0.6 is 22.6 Å². The van der Waals surface area contributed by atoms with E-state index in [4.69, 9.17) is 0 Å². The van der Waals surface area contributed by atoms with Crippen LogP contribution in [0.1, 0.15) is 5.56 Å². The Morgan fingerprint density at radius 1 is 1.53 bits per heavy atom. The number of carbonyl (C=O) groups excluding carboxylic acids is 1. The molecule has 106 valence electrons. The number of halogens is 2. The molecule has 1 unspecified atom stereocenters. The first kappa shape index (κ1) is 16.3. The van der Waals surface area contributed by atoms with Gasteiger partial charge >= 0.3 is 5.97 Å². The van der Waals surface area contributed by atoms with Crippen LogP contribution in [-0.2, 0) is 19.6 Å². The fraction of sp³-hybridized carbons (Fsp3) is 0.364. The molecule has 0 aromatic heterocycles. The van der Waals surface area contributed by atoms with E-state index in [1.807, 2.05) is 0 Å². The Labute approximate surface area is 124 Å². The molecule has 1 N–H and O–H groups in total. The second-order valence-electron chi connectivity index (χ2n) is 3.75. The van der Waals surface area contributed by atoms with Crippen molar-refractivity contribution in [3.63, 3.8) is 0 Å². The molecule has 0 heterocycles. The second kappa shape index (κ2) is 6.62. The van der Waals surface area contributed by atoms with Crippen molar-refractivity contribution in [3.05, 3.63) is 29.6 Å². The summed E-state index contributed by atoms with van der Waals surface area (Å²) in [5.41, 5.74) is 0.428. The Morgan fingerprint density at radius 3 is 2.74 bits per heavy atom. The molecule has 0 aliphatic heterocycles. The van der Waals surface area contributed by atoms with Crippen molar-refractivity contribution in [3.8, 4) is 0 Å². The third-order valence-electron chi connectivity index (χ3n) is 2.35. The van der Waals surface area contributed by atoms with Gasteiger partial charge in [0, 0.05) is 6.54 Å². The molecule has 19 heavy (non-hydrogen) atoms. The number of benzene rings is 1. The van der Waals surface area contributed by atoms with E-state index >= 15 is 0 Å². The molecule has 1 aromatic rings. The standard InChI is InChI=1S/C11H13FINO4S/c1-7-3-4-8(12)5-10(7)19(16,17)14-6-9(13)11(15)18-2/h3-5,9,14H,6H2,1-2H3. The normalized spacial score (nSPS) is 13.1. The van der Waals surface area contributed by atoms with E-state index < -0.39 is 25.7 Å². The van der Waals surface area contributed by atoms with Gasteiger partial charge in [-0.25, -0.2) is 17.5 Å².